The molecule has 42 heavy (non-hydrogen) atoms. The molecule has 0 aliphatic carbocycles. The van der Waals surface area contributed by atoms with E-state index in [-0.39, 0.29) is 17.3 Å². The molecule has 1 atom stereocenters. The molecule has 0 radical (unpaired) electrons. The van der Waals surface area contributed by atoms with E-state index in [1.54, 1.807) is 0 Å². The third kappa shape index (κ3) is 9.55. The Morgan fingerprint density at radius 1 is 1.10 bits per heavy atom. The number of thioether (sulfide) groups is 1. The molecule has 0 saturated carbocycles. The first-order valence-corrected chi connectivity index (χ1v) is 17.4. The van der Waals surface area contributed by atoms with Gasteiger partial charge in [-0.1, -0.05) is 26.0 Å². The first kappa shape index (κ1) is 32.0. The number of amides is 1. The van der Waals surface area contributed by atoms with Gasteiger partial charge in [-0.2, -0.15) is 11.8 Å². The zero-order chi connectivity index (χ0) is 30.1. The first-order valence-electron chi connectivity index (χ1n) is 14.5. The number of anilines is 2. The van der Waals surface area contributed by atoms with Crippen LogP contribution in [0.1, 0.15) is 61.0 Å². The van der Waals surface area contributed by atoms with Crippen molar-refractivity contribution < 1.29 is 19.2 Å². The maximum atomic E-state index is 13.5. The van der Waals surface area contributed by atoms with Crippen molar-refractivity contribution in [3.63, 3.8) is 0 Å². The molecule has 2 aromatic carbocycles. The number of carboxylic acids is 1. The van der Waals surface area contributed by atoms with Crippen LogP contribution < -0.4 is 10.2 Å². The fourth-order valence-corrected chi connectivity index (χ4v) is 7.36. The smallest absolute Gasteiger partial charge is 0.330 e. The van der Waals surface area contributed by atoms with Crippen molar-refractivity contribution in [2.24, 2.45) is 0 Å². The predicted octanol–water partition coefficient (Wildman–Crippen LogP) is 7.83. The van der Waals surface area contributed by atoms with Crippen LogP contribution in [0.3, 0.4) is 0 Å². The Bertz CT molecular complexity index is 1380. The minimum Gasteiger partial charge on any atom is -0.480 e. The minimum absolute atomic E-state index is 0.00669. The Hall–Kier alpha value is -2.93. The number of pyridine rings is 1. The molecule has 1 fully saturated rings. The highest BCUT2D eigenvalue weighted by Crippen LogP contribution is 2.39. The summed E-state index contributed by atoms with van der Waals surface area (Å²) in [5.41, 5.74) is 6.51. The number of carbonyl (C=O) groups excluding carboxylic acids is 1. The second-order valence-corrected chi connectivity index (χ2v) is 15.1. The first-order chi connectivity index (χ1) is 20.1. The van der Waals surface area contributed by atoms with Crippen LogP contribution in [0.15, 0.2) is 60.8 Å². The van der Waals surface area contributed by atoms with Crippen molar-refractivity contribution >= 4 is 43.2 Å². The predicted molar refractivity (Wildman–Crippen MR) is 176 cm³/mol. The number of aliphatic carboxylic acids is 1. The number of aromatic nitrogens is 1. The third-order valence-electron chi connectivity index (χ3n) is 7.42. The Morgan fingerprint density at radius 2 is 1.88 bits per heavy atom. The molecule has 0 spiro atoms. The summed E-state index contributed by atoms with van der Waals surface area (Å²) >= 11 is 1.83. The van der Waals surface area contributed by atoms with Crippen LogP contribution in [-0.4, -0.2) is 59.2 Å². The van der Waals surface area contributed by atoms with Gasteiger partial charge in [0, 0.05) is 54.7 Å². The van der Waals surface area contributed by atoms with Gasteiger partial charge in [-0.25, -0.2) is 4.79 Å². The second kappa shape index (κ2) is 15.0. The summed E-state index contributed by atoms with van der Waals surface area (Å²) in [4.78, 5) is 31.3. The Labute approximate surface area is 255 Å². The summed E-state index contributed by atoms with van der Waals surface area (Å²) in [5, 5.41) is 12.0. The van der Waals surface area contributed by atoms with E-state index in [0.29, 0.717) is 5.56 Å². The summed E-state index contributed by atoms with van der Waals surface area (Å²) in [6.07, 6.45) is 7.25. The molecule has 1 aliphatic heterocycles. The topological polar surface area (TPSA) is 91.8 Å². The fourth-order valence-electron chi connectivity index (χ4n) is 4.89. The largest absolute Gasteiger partial charge is 0.480 e. The van der Waals surface area contributed by atoms with E-state index in [0.717, 1.165) is 65.2 Å². The number of carboxylic acid groups (broad SMARTS) is 1. The zero-order valence-corrected chi connectivity index (χ0v) is 26.8. The molecule has 9 heteroatoms. The lowest BCUT2D eigenvalue weighted by atomic mass is 10.0. The van der Waals surface area contributed by atoms with E-state index in [1.807, 2.05) is 55.0 Å². The molecule has 1 amide bonds. The van der Waals surface area contributed by atoms with Gasteiger partial charge in [-0.3, -0.25) is 9.78 Å². The number of benzene rings is 2. The summed E-state index contributed by atoms with van der Waals surface area (Å²) in [6.45, 7) is 10.3. The van der Waals surface area contributed by atoms with Gasteiger partial charge in [0.1, 0.15) is 6.61 Å². The van der Waals surface area contributed by atoms with Crippen molar-refractivity contribution in [3.05, 3.63) is 77.5 Å². The lowest BCUT2D eigenvalue weighted by molar-refractivity contribution is -0.139. The quantitative estimate of drug-likeness (QED) is 0.191. The molecule has 1 aliphatic rings. The molecular formula is C33H42N3O4PS. The van der Waals surface area contributed by atoms with Crippen LogP contribution in [-0.2, 0) is 15.1 Å². The van der Waals surface area contributed by atoms with Crippen LogP contribution in [0.2, 0.25) is 0 Å². The van der Waals surface area contributed by atoms with Gasteiger partial charge in [0.05, 0.1) is 11.4 Å². The molecular weight excluding hydrogens is 565 g/mol. The number of carbonyl (C=O) groups is 2. The van der Waals surface area contributed by atoms with Crippen molar-refractivity contribution in [1.29, 1.82) is 0 Å². The third-order valence-corrected chi connectivity index (χ3v) is 10.3. The van der Waals surface area contributed by atoms with Crippen LogP contribution in [0.25, 0.3) is 11.3 Å². The van der Waals surface area contributed by atoms with E-state index < -0.39 is 14.1 Å². The zero-order valence-electron chi connectivity index (χ0n) is 25.1. The average Bonchev–Trinajstić information content (AvgIpc) is 2.99. The molecule has 224 valence electrons. The van der Waals surface area contributed by atoms with Gasteiger partial charge in [0.25, 0.3) is 5.91 Å². The Balaban J connectivity index is 1.44. The maximum absolute atomic E-state index is 13.5. The van der Waals surface area contributed by atoms with Crippen molar-refractivity contribution in [3.8, 4) is 11.3 Å². The number of hydrogen-bond donors (Lipinski definition) is 2. The number of rotatable bonds is 13. The highest BCUT2D eigenvalue weighted by atomic mass is 32.2. The van der Waals surface area contributed by atoms with E-state index >= 15 is 0 Å². The minimum atomic E-state index is -0.931. The number of aryl methyl sites for hydroxylation is 1. The molecule has 4 rings (SSSR count). The SMILES string of the molecule is Cc1ccnc(-c2cc(N3CCCCC3)ccc2NC(=O)c2cccc(CSC(C)(C)CCP(C)OCC(=O)O)c2)c1. The maximum Gasteiger partial charge on any atom is 0.330 e. The molecule has 7 nitrogen and oxygen atoms in total. The van der Waals surface area contributed by atoms with Crippen molar-refractivity contribution in [1.82, 2.24) is 4.98 Å². The van der Waals surface area contributed by atoms with Crippen LogP contribution in [0.4, 0.5) is 11.4 Å². The summed E-state index contributed by atoms with van der Waals surface area (Å²) in [6, 6.07) is 18.1. The normalized spacial score (nSPS) is 14.4. The summed E-state index contributed by atoms with van der Waals surface area (Å²) in [7, 11) is -0.763. The monoisotopic (exact) mass is 607 g/mol. The Morgan fingerprint density at radius 3 is 2.62 bits per heavy atom. The lowest BCUT2D eigenvalue weighted by Gasteiger charge is -2.29. The van der Waals surface area contributed by atoms with E-state index in [1.165, 1.54) is 19.3 Å². The van der Waals surface area contributed by atoms with Crippen LogP contribution in [0, 0.1) is 6.92 Å². The van der Waals surface area contributed by atoms with E-state index in [2.05, 4.69) is 60.2 Å². The van der Waals surface area contributed by atoms with Crippen LogP contribution >= 0.6 is 19.9 Å². The van der Waals surface area contributed by atoms with E-state index in [9.17, 15) is 9.59 Å². The summed E-state index contributed by atoms with van der Waals surface area (Å²) in [5.74, 6) is -0.304. The molecule has 2 heterocycles. The van der Waals surface area contributed by atoms with Gasteiger partial charge in [-0.15, -0.1) is 0 Å². The molecule has 1 unspecified atom stereocenters. The number of nitrogens with zero attached hydrogens (tertiary/aromatic N) is 2. The van der Waals surface area contributed by atoms with Gasteiger partial charge in [0.15, 0.2) is 0 Å². The van der Waals surface area contributed by atoms with Gasteiger partial charge in [0.2, 0.25) is 0 Å². The van der Waals surface area contributed by atoms with Crippen molar-refractivity contribution in [2.75, 3.05) is 42.7 Å². The highest BCUT2D eigenvalue weighted by Gasteiger charge is 2.21. The average molecular weight is 608 g/mol. The Kier molecular flexibility index (Phi) is 11.4. The van der Waals surface area contributed by atoms with Crippen molar-refractivity contribution in [2.45, 2.75) is 57.0 Å². The number of piperidine rings is 1. The lowest BCUT2D eigenvalue weighted by Crippen LogP contribution is -2.29. The number of nitrogens with one attached hydrogen (secondary N) is 1. The standard InChI is InChI=1S/C33H42N3O4PS/c1-24-13-15-34-30(19-24)28-21-27(36-16-6-5-7-17-36)11-12-29(28)35-32(39)26-10-8-9-25(20-26)23-42-33(2,3)14-18-41(4)40-22-31(37)38/h8-13,15,19-21H,5-7,14,16-18,22-23H2,1-4H3,(H,35,39)(H,37,38). The summed E-state index contributed by atoms with van der Waals surface area (Å²) < 4.78 is 5.43. The molecule has 0 bridgehead atoms. The van der Waals surface area contributed by atoms with Crippen LogP contribution in [0.5, 0.6) is 0 Å². The second-order valence-electron chi connectivity index (χ2n) is 11.5. The number of hydrogen-bond acceptors (Lipinski definition) is 6. The highest BCUT2D eigenvalue weighted by molar-refractivity contribution is 7.99. The van der Waals surface area contributed by atoms with Gasteiger partial charge in [-0.05, 0) is 99.0 Å². The molecule has 1 aromatic heterocycles. The molecule has 3 aromatic rings. The molecule has 2 N–H and O–H groups in total. The van der Waals surface area contributed by atoms with E-state index in [4.69, 9.17) is 9.63 Å². The fraction of sp³-hybridized carbons (Fsp3) is 0.424. The van der Waals surface area contributed by atoms with Gasteiger partial charge < -0.3 is 19.8 Å². The van der Waals surface area contributed by atoms with Gasteiger partial charge >= 0.3 is 5.97 Å². The molecule has 1 saturated heterocycles.